The van der Waals surface area contributed by atoms with Crippen LogP contribution in [-0.4, -0.2) is 17.9 Å². The summed E-state index contributed by atoms with van der Waals surface area (Å²) < 4.78 is 13.9. The number of nitrogens with one attached hydrogen (secondary N) is 2. The van der Waals surface area contributed by atoms with Crippen molar-refractivity contribution in [3.63, 3.8) is 0 Å². The topological polar surface area (TPSA) is 58.2 Å². The third-order valence-corrected chi connectivity index (χ3v) is 5.55. The molecule has 0 fully saturated rings. The van der Waals surface area contributed by atoms with E-state index in [0.717, 1.165) is 24.8 Å². The molecule has 0 saturated heterocycles. The van der Waals surface area contributed by atoms with Crippen LogP contribution in [0.4, 0.5) is 10.1 Å². The van der Waals surface area contributed by atoms with E-state index in [0.29, 0.717) is 11.3 Å². The lowest BCUT2D eigenvalue weighted by atomic mass is 9.88. The van der Waals surface area contributed by atoms with Gasteiger partial charge >= 0.3 is 0 Å². The molecule has 0 bridgehead atoms. The van der Waals surface area contributed by atoms with Crippen LogP contribution in [0.3, 0.4) is 0 Å². The number of carbonyl (C=O) groups excluding carboxylic acids is 2. The van der Waals surface area contributed by atoms with Gasteiger partial charge in [0, 0.05) is 17.3 Å². The van der Waals surface area contributed by atoms with E-state index in [2.05, 4.69) is 22.8 Å². The van der Waals surface area contributed by atoms with E-state index in [4.69, 9.17) is 0 Å². The van der Waals surface area contributed by atoms with Crippen molar-refractivity contribution in [3.05, 3.63) is 100 Å². The molecule has 0 radical (unpaired) electrons. The van der Waals surface area contributed by atoms with Crippen LogP contribution in [0.5, 0.6) is 0 Å². The minimum atomic E-state index is -0.584. The summed E-state index contributed by atoms with van der Waals surface area (Å²) in [6.07, 6.45) is 2.65. The molecule has 2 amide bonds. The molecule has 3 aromatic carbocycles. The lowest BCUT2D eigenvalue weighted by Gasteiger charge is -2.25. The first-order valence-electron chi connectivity index (χ1n) is 10.1. The second-order valence-electron chi connectivity index (χ2n) is 7.65. The summed E-state index contributed by atoms with van der Waals surface area (Å²) >= 11 is 0. The third kappa shape index (κ3) is 4.25. The first-order valence-corrected chi connectivity index (χ1v) is 10.1. The Morgan fingerprint density at radius 2 is 1.67 bits per heavy atom. The van der Waals surface area contributed by atoms with Gasteiger partial charge in [0.2, 0.25) is 0 Å². The fraction of sp³-hybridized carbons (Fsp3) is 0.200. The molecule has 4 rings (SSSR count). The number of carbonyl (C=O) groups is 2. The zero-order chi connectivity index (χ0) is 21.1. The Morgan fingerprint density at radius 1 is 0.933 bits per heavy atom. The highest BCUT2D eigenvalue weighted by atomic mass is 19.1. The van der Waals surface area contributed by atoms with Crippen LogP contribution in [0.15, 0.2) is 66.7 Å². The van der Waals surface area contributed by atoms with Crippen molar-refractivity contribution in [1.29, 1.82) is 0 Å². The van der Waals surface area contributed by atoms with Gasteiger partial charge < -0.3 is 10.6 Å². The summed E-state index contributed by atoms with van der Waals surface area (Å²) in [7, 11) is 0. The van der Waals surface area contributed by atoms with E-state index in [1.807, 2.05) is 19.1 Å². The van der Waals surface area contributed by atoms with Gasteiger partial charge in [-0.3, -0.25) is 9.59 Å². The molecule has 1 aliphatic carbocycles. The fourth-order valence-corrected chi connectivity index (χ4v) is 3.82. The largest absolute Gasteiger partial charge is 0.349 e. The molecule has 30 heavy (non-hydrogen) atoms. The quantitative estimate of drug-likeness (QED) is 0.666. The zero-order valence-electron chi connectivity index (χ0n) is 16.7. The van der Waals surface area contributed by atoms with Gasteiger partial charge in [-0.2, -0.15) is 0 Å². The van der Waals surface area contributed by atoms with Crippen LogP contribution in [-0.2, 0) is 12.8 Å². The summed E-state index contributed by atoms with van der Waals surface area (Å²) in [6.45, 7) is 1.83. The maximum absolute atomic E-state index is 13.9. The number of fused-ring (bicyclic) bond motifs is 1. The molecule has 2 N–H and O–H groups in total. The summed E-state index contributed by atoms with van der Waals surface area (Å²) in [5.41, 5.74) is 4.33. The minimum absolute atomic E-state index is 0.0346. The molecule has 152 valence electrons. The Hall–Kier alpha value is -3.47. The molecule has 3 aromatic rings. The molecule has 0 aromatic heterocycles. The number of hydrogen-bond acceptors (Lipinski definition) is 2. The molecular formula is C25H23FN2O2. The van der Waals surface area contributed by atoms with Gasteiger partial charge in [0.25, 0.3) is 11.8 Å². The molecule has 0 saturated carbocycles. The average molecular weight is 402 g/mol. The van der Waals surface area contributed by atoms with E-state index in [9.17, 15) is 14.0 Å². The van der Waals surface area contributed by atoms with Crippen molar-refractivity contribution < 1.29 is 14.0 Å². The molecule has 0 aliphatic heterocycles. The normalized spacial score (nSPS) is 15.2. The van der Waals surface area contributed by atoms with E-state index in [-0.39, 0.29) is 17.5 Å². The monoisotopic (exact) mass is 402 g/mol. The van der Waals surface area contributed by atoms with Crippen LogP contribution < -0.4 is 10.6 Å². The fourth-order valence-electron chi connectivity index (χ4n) is 3.82. The van der Waals surface area contributed by atoms with Crippen LogP contribution in [0.25, 0.3) is 0 Å². The summed E-state index contributed by atoms with van der Waals surface area (Å²) in [6, 6.07) is 19.4. The van der Waals surface area contributed by atoms with E-state index >= 15 is 0 Å². The molecule has 0 spiro atoms. The first-order chi connectivity index (χ1) is 14.5. The molecule has 4 nitrogen and oxygen atoms in total. The van der Waals surface area contributed by atoms with Crippen LogP contribution in [0.2, 0.25) is 0 Å². The Balaban J connectivity index is 1.47. The van der Waals surface area contributed by atoms with Gasteiger partial charge in [-0.15, -0.1) is 0 Å². The van der Waals surface area contributed by atoms with Gasteiger partial charge in [-0.05, 0) is 67.1 Å². The van der Waals surface area contributed by atoms with Crippen LogP contribution in [0.1, 0.15) is 43.8 Å². The molecule has 0 unspecified atom stereocenters. The van der Waals surface area contributed by atoms with Crippen molar-refractivity contribution in [2.45, 2.75) is 32.2 Å². The highest BCUT2D eigenvalue weighted by Crippen LogP contribution is 2.22. The number of halogens is 1. The average Bonchev–Trinajstić information content (AvgIpc) is 2.75. The van der Waals surface area contributed by atoms with E-state index < -0.39 is 11.7 Å². The highest BCUT2D eigenvalue weighted by Gasteiger charge is 2.21. The smallest absolute Gasteiger partial charge is 0.258 e. The Kier molecular flexibility index (Phi) is 5.61. The van der Waals surface area contributed by atoms with Crippen LogP contribution >= 0.6 is 0 Å². The predicted molar refractivity (Wildman–Crippen MR) is 115 cm³/mol. The molecular weight excluding hydrogens is 379 g/mol. The summed E-state index contributed by atoms with van der Waals surface area (Å²) in [5.74, 6) is -1.31. The van der Waals surface area contributed by atoms with Crippen LogP contribution in [0, 0.1) is 12.7 Å². The van der Waals surface area contributed by atoms with Gasteiger partial charge in [0.15, 0.2) is 0 Å². The maximum atomic E-state index is 13.9. The number of rotatable bonds is 4. The van der Waals surface area contributed by atoms with Crippen molar-refractivity contribution in [1.82, 2.24) is 5.32 Å². The maximum Gasteiger partial charge on any atom is 0.258 e. The molecule has 1 atom stereocenters. The number of benzene rings is 3. The lowest BCUT2D eigenvalue weighted by molar-refractivity contribution is 0.0932. The third-order valence-electron chi connectivity index (χ3n) is 5.55. The zero-order valence-corrected chi connectivity index (χ0v) is 16.7. The second-order valence-corrected chi connectivity index (χ2v) is 7.65. The highest BCUT2D eigenvalue weighted by molar-refractivity contribution is 6.05. The van der Waals surface area contributed by atoms with Crippen molar-refractivity contribution in [2.24, 2.45) is 0 Å². The number of amides is 2. The minimum Gasteiger partial charge on any atom is -0.349 e. The first kappa shape index (κ1) is 19.8. The molecule has 1 aliphatic rings. The molecule has 0 heterocycles. The predicted octanol–water partition coefficient (Wildman–Crippen LogP) is 4.67. The number of aryl methyl sites for hydroxylation is 2. The Labute approximate surface area is 175 Å². The van der Waals surface area contributed by atoms with Gasteiger partial charge in [0.1, 0.15) is 5.82 Å². The van der Waals surface area contributed by atoms with E-state index in [1.54, 1.807) is 24.3 Å². The standard InChI is InChI=1S/C25H23FN2O2/c1-16-10-11-19(15-23(16)28-25(30)21-8-4-5-9-22(21)26)24(29)27-20-13-12-17-6-2-3-7-18(17)14-20/h2-11,15,20H,12-14H2,1H3,(H,27,29)(H,28,30)/t20-/m1/s1. The second kappa shape index (κ2) is 8.49. The van der Waals surface area contributed by atoms with Crippen molar-refractivity contribution in [2.75, 3.05) is 5.32 Å². The van der Waals surface area contributed by atoms with Crippen molar-refractivity contribution >= 4 is 17.5 Å². The van der Waals surface area contributed by atoms with E-state index in [1.165, 1.54) is 29.3 Å². The van der Waals surface area contributed by atoms with Gasteiger partial charge in [-0.25, -0.2) is 4.39 Å². The van der Waals surface area contributed by atoms with Gasteiger partial charge in [-0.1, -0.05) is 42.5 Å². The summed E-state index contributed by atoms with van der Waals surface area (Å²) in [4.78, 5) is 25.3. The number of anilines is 1. The SMILES string of the molecule is Cc1ccc(C(=O)N[C@@H]2CCc3ccccc3C2)cc1NC(=O)c1ccccc1F. The summed E-state index contributed by atoms with van der Waals surface area (Å²) in [5, 5.41) is 5.83. The lowest BCUT2D eigenvalue weighted by Crippen LogP contribution is -2.38. The van der Waals surface area contributed by atoms with Crippen molar-refractivity contribution in [3.8, 4) is 0 Å². The Morgan fingerprint density at radius 3 is 2.47 bits per heavy atom. The Bertz CT molecular complexity index is 1110. The molecule has 5 heteroatoms. The van der Waals surface area contributed by atoms with Gasteiger partial charge in [0.05, 0.1) is 5.56 Å². The number of hydrogen-bond donors (Lipinski definition) is 2.